The van der Waals surface area contributed by atoms with Crippen LogP contribution in [-0.2, 0) is 9.53 Å². The summed E-state index contributed by atoms with van der Waals surface area (Å²) in [6.45, 7) is 2.19. The van der Waals surface area contributed by atoms with Crippen molar-refractivity contribution in [1.82, 2.24) is 0 Å². The van der Waals surface area contributed by atoms with Gasteiger partial charge in [-0.25, -0.2) is 0 Å². The average Bonchev–Trinajstić information content (AvgIpc) is 2.18. The fraction of sp³-hybridized carbons (Fsp3) is 0.364. The van der Waals surface area contributed by atoms with E-state index < -0.39 is 0 Å². The minimum absolute atomic E-state index is 0.109. The zero-order valence-corrected chi connectivity index (χ0v) is 9.46. The van der Waals surface area contributed by atoms with Gasteiger partial charge in [-0.3, -0.25) is 4.79 Å². The van der Waals surface area contributed by atoms with Crippen LogP contribution >= 0.6 is 11.6 Å². The van der Waals surface area contributed by atoms with Crippen LogP contribution in [-0.4, -0.2) is 12.6 Å². The van der Waals surface area contributed by atoms with Crippen LogP contribution in [0.4, 0.5) is 0 Å². The van der Waals surface area contributed by atoms with Gasteiger partial charge in [-0.1, -0.05) is 23.7 Å². The molecule has 82 valence electrons. The molecule has 1 aromatic rings. The molecule has 0 saturated carbocycles. The number of hydrogen-bond donors (Lipinski definition) is 1. The van der Waals surface area contributed by atoms with Crippen LogP contribution in [0.1, 0.15) is 24.9 Å². The van der Waals surface area contributed by atoms with Gasteiger partial charge in [0.25, 0.3) is 0 Å². The quantitative estimate of drug-likeness (QED) is 0.796. The van der Waals surface area contributed by atoms with Gasteiger partial charge in [0, 0.05) is 10.6 Å². The fourth-order valence-corrected chi connectivity index (χ4v) is 1.50. The number of ether oxygens (including phenoxy) is 1. The second kappa shape index (κ2) is 5.73. The summed E-state index contributed by atoms with van der Waals surface area (Å²) < 4.78 is 4.85. The van der Waals surface area contributed by atoms with E-state index in [-0.39, 0.29) is 18.4 Å². The number of rotatable bonds is 4. The molecule has 0 aliphatic heterocycles. The van der Waals surface area contributed by atoms with Crippen molar-refractivity contribution in [2.24, 2.45) is 0 Å². The molecule has 15 heavy (non-hydrogen) atoms. The highest BCUT2D eigenvalue weighted by Gasteiger charge is 2.15. The second-order valence-corrected chi connectivity index (χ2v) is 3.70. The third-order valence-electron chi connectivity index (χ3n) is 2.04. The molecule has 0 heterocycles. The largest absolute Gasteiger partial charge is 0.466 e. The predicted octanol–water partition coefficient (Wildman–Crippen LogP) is 1.58. The number of quaternary nitrogens is 1. The topological polar surface area (TPSA) is 53.9 Å². The minimum atomic E-state index is -0.225. The van der Waals surface area contributed by atoms with Gasteiger partial charge in [0.2, 0.25) is 0 Å². The fourth-order valence-electron chi connectivity index (χ4n) is 1.30. The smallest absolute Gasteiger partial charge is 0.312 e. The second-order valence-electron chi connectivity index (χ2n) is 3.26. The maximum Gasteiger partial charge on any atom is 0.312 e. The molecule has 0 radical (unpaired) electrons. The lowest BCUT2D eigenvalue weighted by atomic mass is 10.1. The summed E-state index contributed by atoms with van der Waals surface area (Å²) in [7, 11) is 0. The zero-order valence-electron chi connectivity index (χ0n) is 8.70. The first kappa shape index (κ1) is 12.0. The molecule has 0 unspecified atom stereocenters. The van der Waals surface area contributed by atoms with Crippen molar-refractivity contribution < 1.29 is 15.3 Å². The van der Waals surface area contributed by atoms with E-state index in [0.717, 1.165) is 5.56 Å². The van der Waals surface area contributed by atoms with Crippen molar-refractivity contribution in [2.75, 3.05) is 6.61 Å². The molecule has 0 saturated heterocycles. The molecule has 0 aliphatic carbocycles. The Morgan fingerprint density at radius 1 is 1.60 bits per heavy atom. The van der Waals surface area contributed by atoms with Crippen LogP contribution in [0.5, 0.6) is 0 Å². The monoisotopic (exact) mass is 228 g/mol. The number of carbonyl (C=O) groups is 1. The number of esters is 1. The predicted molar refractivity (Wildman–Crippen MR) is 58.3 cm³/mol. The van der Waals surface area contributed by atoms with E-state index in [1.54, 1.807) is 13.0 Å². The first-order valence-corrected chi connectivity index (χ1v) is 5.25. The summed E-state index contributed by atoms with van der Waals surface area (Å²) in [5.41, 5.74) is 4.87. The maximum absolute atomic E-state index is 11.2. The molecule has 0 aromatic heterocycles. The van der Waals surface area contributed by atoms with E-state index in [9.17, 15) is 4.79 Å². The Labute approximate surface area is 94.2 Å². The number of halogens is 1. The van der Waals surface area contributed by atoms with Gasteiger partial charge in [0.05, 0.1) is 6.61 Å². The molecule has 1 atom stereocenters. The molecule has 0 amide bonds. The Kier molecular flexibility index (Phi) is 4.59. The molecule has 1 rings (SSSR count). The SMILES string of the molecule is CCOC(=O)C[C@@H]([NH3+])c1cccc(Cl)c1. The number of benzene rings is 1. The highest BCUT2D eigenvalue weighted by atomic mass is 35.5. The van der Waals surface area contributed by atoms with E-state index in [4.69, 9.17) is 16.3 Å². The summed E-state index contributed by atoms with van der Waals surface area (Å²) in [6.07, 6.45) is 0.286. The first-order chi connectivity index (χ1) is 7.13. The maximum atomic E-state index is 11.2. The Hall–Kier alpha value is -1.06. The van der Waals surface area contributed by atoms with Crippen LogP contribution in [0.15, 0.2) is 24.3 Å². The summed E-state index contributed by atoms with van der Waals surface area (Å²) in [6, 6.07) is 7.26. The average molecular weight is 229 g/mol. The minimum Gasteiger partial charge on any atom is -0.466 e. The van der Waals surface area contributed by atoms with E-state index in [2.05, 4.69) is 5.73 Å². The van der Waals surface area contributed by atoms with Gasteiger partial charge in [0.1, 0.15) is 12.5 Å². The lowest BCUT2D eigenvalue weighted by Crippen LogP contribution is -2.54. The van der Waals surface area contributed by atoms with E-state index in [1.165, 1.54) is 0 Å². The van der Waals surface area contributed by atoms with Crippen molar-refractivity contribution >= 4 is 17.6 Å². The van der Waals surface area contributed by atoms with Gasteiger partial charge in [-0.05, 0) is 19.1 Å². The molecule has 0 spiro atoms. The van der Waals surface area contributed by atoms with Gasteiger partial charge >= 0.3 is 5.97 Å². The third-order valence-corrected chi connectivity index (χ3v) is 2.27. The third kappa shape index (κ3) is 3.90. The molecule has 0 bridgehead atoms. The lowest BCUT2D eigenvalue weighted by Gasteiger charge is -2.08. The van der Waals surface area contributed by atoms with Crippen LogP contribution in [0, 0.1) is 0 Å². The summed E-state index contributed by atoms with van der Waals surface area (Å²) in [5, 5.41) is 0.657. The van der Waals surface area contributed by atoms with E-state index >= 15 is 0 Å². The van der Waals surface area contributed by atoms with Crippen LogP contribution in [0.3, 0.4) is 0 Å². The van der Waals surface area contributed by atoms with Gasteiger partial charge in [-0.15, -0.1) is 0 Å². The normalized spacial score (nSPS) is 12.2. The molecule has 1 aromatic carbocycles. The molecule has 4 heteroatoms. The van der Waals surface area contributed by atoms with Crippen LogP contribution in [0.25, 0.3) is 0 Å². The lowest BCUT2D eigenvalue weighted by molar-refractivity contribution is -0.425. The Balaban J connectivity index is 2.60. The Morgan fingerprint density at radius 3 is 2.93 bits per heavy atom. The summed E-state index contributed by atoms with van der Waals surface area (Å²) in [5.74, 6) is -0.225. The summed E-state index contributed by atoms with van der Waals surface area (Å²) >= 11 is 5.84. The van der Waals surface area contributed by atoms with E-state index in [0.29, 0.717) is 11.6 Å². The van der Waals surface area contributed by atoms with Gasteiger partial charge in [0.15, 0.2) is 0 Å². The molecular formula is C11H15ClNO2+. The Bertz CT molecular complexity index is 341. The molecule has 0 aliphatic rings. The van der Waals surface area contributed by atoms with Crippen molar-refractivity contribution in [3.8, 4) is 0 Å². The van der Waals surface area contributed by atoms with Crippen LogP contribution < -0.4 is 5.73 Å². The number of hydrogen-bond acceptors (Lipinski definition) is 2. The van der Waals surface area contributed by atoms with Crippen molar-refractivity contribution in [2.45, 2.75) is 19.4 Å². The first-order valence-electron chi connectivity index (χ1n) is 4.87. The van der Waals surface area contributed by atoms with Gasteiger partial charge in [-0.2, -0.15) is 0 Å². The van der Waals surface area contributed by atoms with Crippen LogP contribution in [0.2, 0.25) is 5.02 Å². The molecule has 3 N–H and O–H groups in total. The van der Waals surface area contributed by atoms with E-state index in [1.807, 2.05) is 18.2 Å². The highest BCUT2D eigenvalue weighted by Crippen LogP contribution is 2.17. The highest BCUT2D eigenvalue weighted by molar-refractivity contribution is 6.30. The molecule has 0 fully saturated rings. The molecule has 3 nitrogen and oxygen atoms in total. The molecular weight excluding hydrogens is 214 g/mol. The van der Waals surface area contributed by atoms with Crippen molar-refractivity contribution in [3.63, 3.8) is 0 Å². The zero-order chi connectivity index (χ0) is 11.3. The Morgan fingerprint density at radius 2 is 2.33 bits per heavy atom. The standard InChI is InChI=1S/C11H14ClNO2/c1-2-15-11(14)7-10(13)8-4-3-5-9(12)6-8/h3-6,10H,2,7,13H2,1H3/p+1/t10-/m1/s1. The summed E-state index contributed by atoms with van der Waals surface area (Å²) in [4.78, 5) is 11.2. The van der Waals surface area contributed by atoms with Crippen molar-refractivity contribution in [3.05, 3.63) is 34.9 Å². The number of carbonyl (C=O) groups excluding carboxylic acids is 1. The van der Waals surface area contributed by atoms with Crippen molar-refractivity contribution in [1.29, 1.82) is 0 Å². The van der Waals surface area contributed by atoms with Gasteiger partial charge < -0.3 is 10.5 Å².